The van der Waals surface area contributed by atoms with Crippen LogP contribution in [0.2, 0.25) is 0 Å². The molecule has 1 amide bonds. The van der Waals surface area contributed by atoms with Crippen molar-refractivity contribution in [1.82, 2.24) is 4.90 Å². The highest BCUT2D eigenvalue weighted by Crippen LogP contribution is 2.22. The molecule has 1 aliphatic heterocycles. The molecule has 2 aromatic rings. The summed E-state index contributed by atoms with van der Waals surface area (Å²) in [4.78, 5) is 26.1. The van der Waals surface area contributed by atoms with Crippen LogP contribution in [-0.2, 0) is 4.79 Å². The van der Waals surface area contributed by atoms with Gasteiger partial charge in [-0.3, -0.25) is 14.5 Å². The number of carbonyl (C=O) groups excluding carboxylic acids is 2. The van der Waals surface area contributed by atoms with E-state index in [2.05, 4.69) is 28.4 Å². The van der Waals surface area contributed by atoms with Gasteiger partial charge in [0, 0.05) is 18.7 Å². The minimum Gasteiger partial charge on any atom is -0.324 e. The SMILES string of the molecule is CC(=O)c1ccccc1NC(=O)CN1CC=C(c2ccccc2)CC1. The summed E-state index contributed by atoms with van der Waals surface area (Å²) in [7, 11) is 0. The Balaban J connectivity index is 1.58. The van der Waals surface area contributed by atoms with Crippen LogP contribution in [-0.4, -0.2) is 36.2 Å². The van der Waals surface area contributed by atoms with Crippen LogP contribution in [0.15, 0.2) is 60.7 Å². The first-order valence-electron chi connectivity index (χ1n) is 8.50. The largest absolute Gasteiger partial charge is 0.324 e. The van der Waals surface area contributed by atoms with Gasteiger partial charge in [-0.25, -0.2) is 0 Å². The van der Waals surface area contributed by atoms with Crippen LogP contribution in [0.3, 0.4) is 0 Å². The van der Waals surface area contributed by atoms with Gasteiger partial charge in [0.2, 0.25) is 5.91 Å². The highest BCUT2D eigenvalue weighted by Gasteiger charge is 2.16. The molecule has 128 valence electrons. The van der Waals surface area contributed by atoms with Crippen LogP contribution >= 0.6 is 0 Å². The Kier molecular flexibility index (Phi) is 5.41. The van der Waals surface area contributed by atoms with Gasteiger partial charge in [-0.1, -0.05) is 48.5 Å². The van der Waals surface area contributed by atoms with Gasteiger partial charge in [0.25, 0.3) is 0 Å². The van der Waals surface area contributed by atoms with Gasteiger partial charge in [0.15, 0.2) is 5.78 Å². The van der Waals surface area contributed by atoms with E-state index >= 15 is 0 Å². The molecule has 0 atom stereocenters. The molecule has 1 N–H and O–H groups in total. The molecule has 0 saturated carbocycles. The Hall–Kier alpha value is -2.72. The lowest BCUT2D eigenvalue weighted by molar-refractivity contribution is -0.117. The summed E-state index contributed by atoms with van der Waals surface area (Å²) in [6.07, 6.45) is 3.12. The van der Waals surface area contributed by atoms with E-state index in [0.717, 1.165) is 19.5 Å². The zero-order chi connectivity index (χ0) is 17.6. The summed E-state index contributed by atoms with van der Waals surface area (Å²) in [6.45, 7) is 3.44. The van der Waals surface area contributed by atoms with E-state index in [1.165, 1.54) is 18.1 Å². The summed E-state index contributed by atoms with van der Waals surface area (Å²) in [5.41, 5.74) is 3.71. The van der Waals surface area contributed by atoms with Crippen LogP contribution in [0, 0.1) is 0 Å². The second-order valence-corrected chi connectivity index (χ2v) is 6.23. The Morgan fingerprint density at radius 1 is 1.04 bits per heavy atom. The molecule has 0 radical (unpaired) electrons. The number of rotatable bonds is 5. The molecular formula is C21H22N2O2. The molecule has 4 nitrogen and oxygen atoms in total. The van der Waals surface area contributed by atoms with Gasteiger partial charge < -0.3 is 5.32 Å². The molecule has 0 aliphatic carbocycles. The van der Waals surface area contributed by atoms with Crippen molar-refractivity contribution in [2.45, 2.75) is 13.3 Å². The van der Waals surface area contributed by atoms with Crippen LogP contribution in [0.1, 0.15) is 29.3 Å². The van der Waals surface area contributed by atoms with Gasteiger partial charge in [0.1, 0.15) is 0 Å². The van der Waals surface area contributed by atoms with Crippen LogP contribution in [0.5, 0.6) is 0 Å². The second-order valence-electron chi connectivity index (χ2n) is 6.23. The maximum absolute atomic E-state index is 12.3. The first-order valence-corrected chi connectivity index (χ1v) is 8.50. The first-order chi connectivity index (χ1) is 12.1. The topological polar surface area (TPSA) is 49.4 Å². The van der Waals surface area contributed by atoms with E-state index in [0.29, 0.717) is 17.8 Å². The lowest BCUT2D eigenvalue weighted by Gasteiger charge is -2.26. The molecule has 3 rings (SSSR count). The van der Waals surface area contributed by atoms with Gasteiger partial charge in [-0.15, -0.1) is 0 Å². The minimum atomic E-state index is -0.0924. The zero-order valence-corrected chi connectivity index (χ0v) is 14.4. The summed E-state index contributed by atoms with van der Waals surface area (Å²) in [6, 6.07) is 17.4. The smallest absolute Gasteiger partial charge is 0.238 e. The number of ketones is 1. The molecule has 0 saturated heterocycles. The first kappa shape index (κ1) is 17.1. The van der Waals surface area contributed by atoms with Gasteiger partial charge in [0.05, 0.1) is 12.2 Å². The fourth-order valence-electron chi connectivity index (χ4n) is 3.06. The van der Waals surface area contributed by atoms with Crippen molar-refractivity contribution in [3.05, 3.63) is 71.8 Å². The number of Topliss-reactive ketones (excluding diaryl/α,β-unsaturated/α-hetero) is 1. The predicted octanol–water partition coefficient (Wildman–Crippen LogP) is 3.62. The maximum atomic E-state index is 12.3. The third-order valence-corrected chi connectivity index (χ3v) is 4.39. The average molecular weight is 334 g/mol. The monoisotopic (exact) mass is 334 g/mol. The highest BCUT2D eigenvalue weighted by atomic mass is 16.2. The lowest BCUT2D eigenvalue weighted by Crippen LogP contribution is -2.36. The molecule has 1 aliphatic rings. The number of nitrogens with zero attached hydrogens (tertiary/aromatic N) is 1. The van der Waals surface area contributed by atoms with Crippen molar-refractivity contribution in [1.29, 1.82) is 0 Å². The normalized spacial score (nSPS) is 14.7. The van der Waals surface area contributed by atoms with E-state index in [9.17, 15) is 9.59 Å². The van der Waals surface area contributed by atoms with Crippen LogP contribution in [0.4, 0.5) is 5.69 Å². The van der Waals surface area contributed by atoms with Gasteiger partial charge in [-0.05, 0) is 36.6 Å². The Labute approximate surface area is 148 Å². The van der Waals surface area contributed by atoms with E-state index in [-0.39, 0.29) is 11.7 Å². The number of benzene rings is 2. The van der Waals surface area contributed by atoms with Gasteiger partial charge in [-0.2, -0.15) is 0 Å². The number of hydrogen-bond donors (Lipinski definition) is 1. The van der Waals surface area contributed by atoms with Crippen molar-refractivity contribution in [2.75, 3.05) is 25.0 Å². The Morgan fingerprint density at radius 2 is 1.76 bits per heavy atom. The number of carbonyl (C=O) groups is 2. The number of para-hydroxylation sites is 1. The molecular weight excluding hydrogens is 312 g/mol. The molecule has 0 fully saturated rings. The highest BCUT2D eigenvalue weighted by molar-refractivity contribution is 6.04. The molecule has 4 heteroatoms. The number of amides is 1. The van der Waals surface area contributed by atoms with Crippen molar-refractivity contribution in [3.8, 4) is 0 Å². The van der Waals surface area contributed by atoms with Crippen molar-refractivity contribution in [3.63, 3.8) is 0 Å². The minimum absolute atomic E-state index is 0.0516. The number of hydrogen-bond acceptors (Lipinski definition) is 3. The quantitative estimate of drug-likeness (QED) is 0.850. The second kappa shape index (κ2) is 7.90. The molecule has 0 aromatic heterocycles. The van der Waals surface area contributed by atoms with Crippen molar-refractivity contribution >= 4 is 23.0 Å². The lowest BCUT2D eigenvalue weighted by atomic mass is 10.00. The molecule has 1 heterocycles. The van der Waals surface area contributed by atoms with Gasteiger partial charge >= 0.3 is 0 Å². The summed E-state index contributed by atoms with van der Waals surface area (Å²) in [5, 5.41) is 2.86. The van der Waals surface area contributed by atoms with Crippen LogP contribution < -0.4 is 5.32 Å². The molecule has 0 spiro atoms. The van der Waals surface area contributed by atoms with E-state index in [1.54, 1.807) is 18.2 Å². The molecule has 0 bridgehead atoms. The average Bonchev–Trinajstić information content (AvgIpc) is 2.63. The number of nitrogens with one attached hydrogen (secondary N) is 1. The maximum Gasteiger partial charge on any atom is 0.238 e. The van der Waals surface area contributed by atoms with Crippen LogP contribution in [0.25, 0.3) is 5.57 Å². The third-order valence-electron chi connectivity index (χ3n) is 4.39. The zero-order valence-electron chi connectivity index (χ0n) is 14.4. The summed E-state index contributed by atoms with van der Waals surface area (Å²) >= 11 is 0. The summed E-state index contributed by atoms with van der Waals surface area (Å²) < 4.78 is 0. The van der Waals surface area contributed by atoms with E-state index < -0.39 is 0 Å². The molecule has 25 heavy (non-hydrogen) atoms. The molecule has 2 aromatic carbocycles. The van der Waals surface area contributed by atoms with E-state index in [4.69, 9.17) is 0 Å². The fourth-order valence-corrected chi connectivity index (χ4v) is 3.06. The summed E-state index contributed by atoms with van der Waals surface area (Å²) in [5.74, 6) is -0.144. The fraction of sp³-hybridized carbons (Fsp3) is 0.238. The third kappa shape index (κ3) is 4.43. The Bertz CT molecular complexity index is 797. The van der Waals surface area contributed by atoms with Crippen molar-refractivity contribution < 1.29 is 9.59 Å². The Morgan fingerprint density at radius 3 is 2.44 bits per heavy atom. The predicted molar refractivity (Wildman–Crippen MR) is 101 cm³/mol. The molecule has 0 unspecified atom stereocenters. The number of anilines is 1. The standard InChI is InChI=1S/C21H22N2O2/c1-16(24)19-9-5-6-10-20(19)22-21(25)15-23-13-11-18(12-14-23)17-7-3-2-4-8-17/h2-11H,12-15H2,1H3,(H,22,25). The van der Waals surface area contributed by atoms with Crippen molar-refractivity contribution in [2.24, 2.45) is 0 Å². The van der Waals surface area contributed by atoms with E-state index in [1.807, 2.05) is 24.3 Å².